The first-order valence-corrected chi connectivity index (χ1v) is 3.58. The van der Waals surface area contributed by atoms with Crippen LogP contribution in [0.1, 0.15) is 0 Å². The van der Waals surface area contributed by atoms with Crippen molar-refractivity contribution in [2.45, 2.75) is 9.79 Å². The van der Waals surface area contributed by atoms with E-state index in [2.05, 4.69) is 25.3 Å². The van der Waals surface area contributed by atoms with Gasteiger partial charge in [-0.15, -0.1) is 25.3 Å². The molecule has 0 fully saturated rings. The van der Waals surface area contributed by atoms with Crippen molar-refractivity contribution in [3.05, 3.63) is 12.1 Å². The zero-order chi connectivity index (χ0) is 7.72. The summed E-state index contributed by atoms with van der Waals surface area (Å²) in [4.78, 5) is 1.31. The fourth-order valence-electron chi connectivity index (χ4n) is 0.614. The van der Waals surface area contributed by atoms with E-state index < -0.39 is 0 Å². The molecule has 1 aromatic carbocycles. The van der Waals surface area contributed by atoms with Crippen molar-refractivity contribution >= 4 is 36.6 Å². The number of benzene rings is 1. The number of nitrogens with two attached hydrogens (primary N) is 2. The van der Waals surface area contributed by atoms with E-state index in [1.54, 1.807) is 12.1 Å². The molecule has 0 amide bonds. The van der Waals surface area contributed by atoms with Gasteiger partial charge in [-0.05, 0) is 12.1 Å². The van der Waals surface area contributed by atoms with Gasteiger partial charge < -0.3 is 11.5 Å². The van der Waals surface area contributed by atoms with Crippen LogP contribution in [0.3, 0.4) is 0 Å². The Balaban J connectivity index is 3.34. The van der Waals surface area contributed by atoms with E-state index >= 15 is 0 Å². The van der Waals surface area contributed by atoms with Crippen molar-refractivity contribution in [2.24, 2.45) is 0 Å². The van der Waals surface area contributed by atoms with E-state index in [9.17, 15) is 0 Å². The van der Waals surface area contributed by atoms with E-state index in [-0.39, 0.29) is 0 Å². The third-order valence-electron chi connectivity index (χ3n) is 1.23. The van der Waals surface area contributed by atoms with Crippen LogP contribution in [0, 0.1) is 0 Å². The Labute approximate surface area is 70.4 Å². The normalized spacial score (nSPS) is 9.80. The molecule has 2 nitrogen and oxygen atoms in total. The monoisotopic (exact) mass is 172 g/mol. The molecule has 0 aliphatic rings. The fraction of sp³-hybridized carbons (Fsp3) is 0. The van der Waals surface area contributed by atoms with Gasteiger partial charge in [0.15, 0.2) is 0 Å². The lowest BCUT2D eigenvalue weighted by molar-refractivity contribution is 1.36. The minimum Gasteiger partial charge on any atom is -0.398 e. The standard InChI is InChI=1S/C6H8N2S2/c7-3-1-2-4(9)5(8)6(3)10/h1-2,9-10H,7-8H2. The van der Waals surface area contributed by atoms with Gasteiger partial charge in [0.25, 0.3) is 0 Å². The van der Waals surface area contributed by atoms with Crippen molar-refractivity contribution in [3.8, 4) is 0 Å². The van der Waals surface area contributed by atoms with Crippen LogP contribution in [0.5, 0.6) is 0 Å². The van der Waals surface area contributed by atoms with Crippen molar-refractivity contribution in [3.63, 3.8) is 0 Å². The molecule has 0 spiro atoms. The molecule has 54 valence electrons. The molecule has 10 heavy (non-hydrogen) atoms. The molecule has 4 N–H and O–H groups in total. The Kier molecular flexibility index (Phi) is 2.01. The van der Waals surface area contributed by atoms with Crippen molar-refractivity contribution < 1.29 is 0 Å². The average molecular weight is 172 g/mol. The number of hydrogen-bond acceptors (Lipinski definition) is 4. The molecule has 0 heterocycles. The first kappa shape index (κ1) is 7.63. The number of rotatable bonds is 0. The lowest BCUT2D eigenvalue weighted by Crippen LogP contribution is -1.93. The number of anilines is 2. The minimum atomic E-state index is 0.534. The highest BCUT2D eigenvalue weighted by Gasteiger charge is 2.00. The first-order valence-electron chi connectivity index (χ1n) is 2.69. The smallest absolute Gasteiger partial charge is 0.0606 e. The molecule has 0 radical (unpaired) electrons. The van der Waals surface area contributed by atoms with Gasteiger partial charge in [0.05, 0.1) is 10.6 Å². The molecule has 0 bridgehead atoms. The summed E-state index contributed by atoms with van der Waals surface area (Å²) < 4.78 is 0. The molecule has 4 heteroatoms. The predicted octanol–water partition coefficient (Wildman–Crippen LogP) is 1.43. The van der Waals surface area contributed by atoms with Gasteiger partial charge in [-0.1, -0.05) is 0 Å². The summed E-state index contributed by atoms with van der Waals surface area (Å²) in [5, 5.41) is 0. The Morgan fingerprint density at radius 2 is 1.70 bits per heavy atom. The van der Waals surface area contributed by atoms with Crippen molar-refractivity contribution in [2.75, 3.05) is 11.5 Å². The van der Waals surface area contributed by atoms with E-state index in [0.29, 0.717) is 21.2 Å². The molecule has 0 saturated heterocycles. The molecular weight excluding hydrogens is 164 g/mol. The summed E-state index contributed by atoms with van der Waals surface area (Å²) in [6.45, 7) is 0. The third kappa shape index (κ3) is 1.17. The van der Waals surface area contributed by atoms with Gasteiger partial charge in [0.1, 0.15) is 0 Å². The Hall–Kier alpha value is -0.480. The summed E-state index contributed by atoms with van der Waals surface area (Å²) >= 11 is 8.17. The summed E-state index contributed by atoms with van der Waals surface area (Å²) in [6.07, 6.45) is 0. The van der Waals surface area contributed by atoms with Crippen molar-refractivity contribution in [1.29, 1.82) is 0 Å². The van der Waals surface area contributed by atoms with E-state index in [1.807, 2.05) is 0 Å². The van der Waals surface area contributed by atoms with Crippen LogP contribution in [-0.4, -0.2) is 0 Å². The number of thiol groups is 2. The van der Waals surface area contributed by atoms with E-state index in [0.717, 1.165) is 0 Å². The second kappa shape index (κ2) is 2.64. The molecule has 0 aromatic heterocycles. The molecule has 0 saturated carbocycles. The lowest BCUT2D eigenvalue weighted by atomic mass is 10.3. The molecular formula is C6H8N2S2. The zero-order valence-electron chi connectivity index (χ0n) is 5.20. The summed E-state index contributed by atoms with van der Waals surface area (Å²) in [5.41, 5.74) is 12.2. The zero-order valence-corrected chi connectivity index (χ0v) is 6.99. The van der Waals surface area contributed by atoms with Gasteiger partial charge >= 0.3 is 0 Å². The van der Waals surface area contributed by atoms with Gasteiger partial charge in [-0.2, -0.15) is 0 Å². The Bertz CT molecular complexity index is 233. The van der Waals surface area contributed by atoms with Crippen LogP contribution >= 0.6 is 25.3 Å². The maximum absolute atomic E-state index is 5.55. The highest BCUT2D eigenvalue weighted by Crippen LogP contribution is 2.28. The summed E-state index contributed by atoms with van der Waals surface area (Å²) in [7, 11) is 0. The average Bonchev–Trinajstić information content (AvgIpc) is 1.93. The van der Waals surface area contributed by atoms with Gasteiger partial charge in [0, 0.05) is 10.6 Å². The number of nitrogen functional groups attached to an aromatic ring is 2. The lowest BCUT2D eigenvalue weighted by Gasteiger charge is -2.04. The fourth-order valence-corrected chi connectivity index (χ4v) is 1.08. The summed E-state index contributed by atoms with van der Waals surface area (Å²) in [6, 6.07) is 3.47. The third-order valence-corrected chi connectivity index (χ3v) is 2.11. The number of hydrogen-bond donors (Lipinski definition) is 4. The minimum absolute atomic E-state index is 0.534. The van der Waals surface area contributed by atoms with Crippen LogP contribution < -0.4 is 11.5 Å². The van der Waals surface area contributed by atoms with Crippen LogP contribution in [0.2, 0.25) is 0 Å². The maximum Gasteiger partial charge on any atom is 0.0606 e. The van der Waals surface area contributed by atoms with Gasteiger partial charge in [-0.25, -0.2) is 0 Å². The predicted molar refractivity (Wildman–Crippen MR) is 49.8 cm³/mol. The van der Waals surface area contributed by atoms with E-state index in [1.165, 1.54) is 0 Å². The summed E-state index contributed by atoms with van der Waals surface area (Å²) in [5.74, 6) is 0. The second-order valence-electron chi connectivity index (χ2n) is 1.94. The topological polar surface area (TPSA) is 52.0 Å². The largest absolute Gasteiger partial charge is 0.398 e. The van der Waals surface area contributed by atoms with Crippen LogP contribution in [0.4, 0.5) is 11.4 Å². The van der Waals surface area contributed by atoms with Gasteiger partial charge in [0.2, 0.25) is 0 Å². The molecule has 0 aliphatic carbocycles. The van der Waals surface area contributed by atoms with Crippen LogP contribution in [0.25, 0.3) is 0 Å². The Morgan fingerprint density at radius 1 is 1.10 bits per heavy atom. The van der Waals surface area contributed by atoms with Gasteiger partial charge in [-0.3, -0.25) is 0 Å². The quantitative estimate of drug-likeness (QED) is 0.353. The second-order valence-corrected chi connectivity index (χ2v) is 2.87. The molecule has 0 atom stereocenters. The van der Waals surface area contributed by atoms with E-state index in [4.69, 9.17) is 11.5 Å². The SMILES string of the molecule is Nc1ccc(S)c(N)c1S. The Morgan fingerprint density at radius 3 is 2.20 bits per heavy atom. The molecule has 0 aliphatic heterocycles. The molecule has 0 unspecified atom stereocenters. The maximum atomic E-state index is 5.55. The molecule has 1 rings (SSSR count). The van der Waals surface area contributed by atoms with Crippen LogP contribution in [0.15, 0.2) is 21.9 Å². The molecule has 1 aromatic rings. The highest BCUT2D eigenvalue weighted by molar-refractivity contribution is 7.81. The van der Waals surface area contributed by atoms with Crippen LogP contribution in [-0.2, 0) is 0 Å². The first-order chi connectivity index (χ1) is 4.63. The van der Waals surface area contributed by atoms with Crippen molar-refractivity contribution in [1.82, 2.24) is 0 Å². The highest BCUT2D eigenvalue weighted by atomic mass is 32.1.